The molecule has 0 radical (unpaired) electrons. The van der Waals surface area contributed by atoms with Gasteiger partial charge in [-0.15, -0.1) is 12.4 Å². The third kappa shape index (κ3) is 5.38. The van der Waals surface area contributed by atoms with Gasteiger partial charge in [-0.05, 0) is 41.0 Å². The quantitative estimate of drug-likeness (QED) is 0.856. The van der Waals surface area contributed by atoms with Crippen molar-refractivity contribution < 1.29 is 9.53 Å². The van der Waals surface area contributed by atoms with Gasteiger partial charge in [0, 0.05) is 12.6 Å². The van der Waals surface area contributed by atoms with Crippen LogP contribution in [0.3, 0.4) is 0 Å². The van der Waals surface area contributed by atoms with Crippen molar-refractivity contribution in [3.05, 3.63) is 28.7 Å². The number of carbonyl (C=O) groups excluding carboxylic acids is 1. The monoisotopic (exact) mass is 348 g/mol. The van der Waals surface area contributed by atoms with Crippen molar-refractivity contribution in [1.29, 1.82) is 0 Å². The summed E-state index contributed by atoms with van der Waals surface area (Å²) >= 11 is 3.40. The van der Waals surface area contributed by atoms with Gasteiger partial charge in [-0.1, -0.05) is 12.1 Å². The lowest BCUT2D eigenvalue weighted by Crippen LogP contribution is -2.36. The first-order valence-corrected chi connectivity index (χ1v) is 6.92. The molecule has 0 bridgehead atoms. The summed E-state index contributed by atoms with van der Waals surface area (Å²) in [4.78, 5) is 11.6. The fraction of sp³-hybridized carbons (Fsp3) is 0.462. The Labute approximate surface area is 127 Å². The predicted molar refractivity (Wildman–Crippen MR) is 80.9 cm³/mol. The van der Waals surface area contributed by atoms with Crippen molar-refractivity contribution in [2.24, 2.45) is 0 Å². The predicted octanol–water partition coefficient (Wildman–Crippen LogP) is 2.12. The van der Waals surface area contributed by atoms with Crippen LogP contribution >= 0.6 is 28.3 Å². The Morgan fingerprint density at radius 2 is 2.26 bits per heavy atom. The second kappa shape index (κ2) is 8.40. The van der Waals surface area contributed by atoms with Gasteiger partial charge in [0.25, 0.3) is 0 Å². The van der Waals surface area contributed by atoms with Gasteiger partial charge in [-0.2, -0.15) is 0 Å². The van der Waals surface area contributed by atoms with Crippen molar-refractivity contribution in [2.45, 2.75) is 18.9 Å². The molecule has 106 valence electrons. The Balaban J connectivity index is 0.00000180. The zero-order valence-corrected chi connectivity index (χ0v) is 12.9. The van der Waals surface area contributed by atoms with Crippen LogP contribution in [0.1, 0.15) is 12.8 Å². The number of rotatable bonds is 5. The molecular weight excluding hydrogens is 332 g/mol. The van der Waals surface area contributed by atoms with Gasteiger partial charge in [0.2, 0.25) is 5.91 Å². The van der Waals surface area contributed by atoms with Crippen molar-refractivity contribution in [3.63, 3.8) is 0 Å². The number of ether oxygens (including phenoxy) is 1. The Kier molecular flexibility index (Phi) is 7.20. The molecule has 1 amide bonds. The average molecular weight is 350 g/mol. The van der Waals surface area contributed by atoms with Crippen molar-refractivity contribution in [1.82, 2.24) is 10.6 Å². The van der Waals surface area contributed by atoms with Crippen LogP contribution in [0.2, 0.25) is 0 Å². The first kappa shape index (κ1) is 16.3. The highest BCUT2D eigenvalue weighted by atomic mass is 79.9. The van der Waals surface area contributed by atoms with E-state index in [-0.39, 0.29) is 24.4 Å². The van der Waals surface area contributed by atoms with Gasteiger partial charge in [-0.25, -0.2) is 0 Å². The van der Waals surface area contributed by atoms with Crippen LogP contribution in [0, 0.1) is 0 Å². The third-order valence-corrected chi connectivity index (χ3v) is 3.50. The summed E-state index contributed by atoms with van der Waals surface area (Å²) < 4.78 is 6.46. The molecule has 1 saturated heterocycles. The summed E-state index contributed by atoms with van der Waals surface area (Å²) in [5.41, 5.74) is 0. The molecule has 2 rings (SSSR count). The van der Waals surface area contributed by atoms with Crippen molar-refractivity contribution >= 4 is 34.2 Å². The Morgan fingerprint density at radius 3 is 2.95 bits per heavy atom. The van der Waals surface area contributed by atoms with Gasteiger partial charge in [0.1, 0.15) is 5.75 Å². The molecule has 4 nitrogen and oxygen atoms in total. The topological polar surface area (TPSA) is 50.4 Å². The summed E-state index contributed by atoms with van der Waals surface area (Å²) in [5.74, 6) is 0.823. The summed E-state index contributed by atoms with van der Waals surface area (Å²) in [6.07, 6.45) is 1.40. The van der Waals surface area contributed by atoms with E-state index in [1.807, 2.05) is 24.3 Å². The molecule has 0 aliphatic carbocycles. The molecule has 1 aliphatic heterocycles. The minimum atomic E-state index is 0. The maximum absolute atomic E-state index is 11.6. The molecule has 0 aromatic heterocycles. The number of hydrogen-bond acceptors (Lipinski definition) is 3. The van der Waals surface area contributed by atoms with E-state index >= 15 is 0 Å². The molecular formula is C13H18BrClN2O2. The van der Waals surface area contributed by atoms with Crippen LogP contribution in [-0.4, -0.2) is 31.6 Å². The number of para-hydroxylation sites is 1. The molecule has 1 aromatic carbocycles. The minimum Gasteiger partial charge on any atom is -0.492 e. The second-order valence-corrected chi connectivity index (χ2v) is 5.14. The summed E-state index contributed by atoms with van der Waals surface area (Å²) in [6, 6.07) is 7.91. The van der Waals surface area contributed by atoms with Crippen molar-refractivity contribution in [2.75, 3.05) is 19.7 Å². The zero-order valence-electron chi connectivity index (χ0n) is 10.5. The Bertz CT molecular complexity index is 411. The fourth-order valence-corrected chi connectivity index (χ4v) is 2.29. The van der Waals surface area contributed by atoms with Gasteiger partial charge in [0.05, 0.1) is 17.5 Å². The molecule has 1 aliphatic rings. The van der Waals surface area contributed by atoms with Gasteiger partial charge >= 0.3 is 0 Å². The van der Waals surface area contributed by atoms with Crippen LogP contribution < -0.4 is 15.4 Å². The van der Waals surface area contributed by atoms with Gasteiger partial charge in [0.15, 0.2) is 0 Å². The first-order valence-electron chi connectivity index (χ1n) is 6.13. The van der Waals surface area contributed by atoms with Crippen LogP contribution in [0.5, 0.6) is 5.75 Å². The number of hydrogen-bond donors (Lipinski definition) is 2. The van der Waals surface area contributed by atoms with Gasteiger partial charge in [-0.3, -0.25) is 4.79 Å². The highest BCUT2D eigenvalue weighted by molar-refractivity contribution is 9.10. The summed E-state index contributed by atoms with van der Waals surface area (Å²) in [7, 11) is 0. The highest BCUT2D eigenvalue weighted by Gasteiger charge is 2.16. The molecule has 1 unspecified atom stereocenters. The number of amides is 1. The Hall–Kier alpha value is -0.780. The van der Waals surface area contributed by atoms with E-state index in [1.54, 1.807) is 0 Å². The Morgan fingerprint density at radius 1 is 1.47 bits per heavy atom. The smallest absolute Gasteiger partial charge is 0.223 e. The molecule has 1 heterocycles. The van der Waals surface area contributed by atoms with Crippen LogP contribution in [0.25, 0.3) is 0 Å². The molecule has 6 heteroatoms. The molecule has 2 N–H and O–H groups in total. The number of halogens is 2. The SMILES string of the molecule is Cl.O=C(CCOc1ccccc1Br)NC1CCNC1. The summed E-state index contributed by atoms with van der Waals surface area (Å²) in [5, 5.41) is 6.20. The molecule has 1 aromatic rings. The number of benzene rings is 1. The lowest BCUT2D eigenvalue weighted by molar-refractivity contribution is -0.122. The third-order valence-electron chi connectivity index (χ3n) is 2.85. The standard InChI is InChI=1S/C13H17BrN2O2.ClH/c14-11-3-1-2-4-12(11)18-8-6-13(17)16-10-5-7-15-9-10;/h1-4,10,15H,5-9H2,(H,16,17);1H. The van der Waals surface area contributed by atoms with Crippen LogP contribution in [-0.2, 0) is 4.79 Å². The van der Waals surface area contributed by atoms with E-state index in [0.717, 1.165) is 29.7 Å². The lowest BCUT2D eigenvalue weighted by Gasteiger charge is -2.12. The second-order valence-electron chi connectivity index (χ2n) is 4.29. The van der Waals surface area contributed by atoms with E-state index in [1.165, 1.54) is 0 Å². The largest absolute Gasteiger partial charge is 0.492 e. The highest BCUT2D eigenvalue weighted by Crippen LogP contribution is 2.23. The normalized spacial score (nSPS) is 17.6. The van der Waals surface area contributed by atoms with E-state index < -0.39 is 0 Å². The van der Waals surface area contributed by atoms with E-state index in [9.17, 15) is 4.79 Å². The molecule has 19 heavy (non-hydrogen) atoms. The van der Waals surface area contributed by atoms with Crippen LogP contribution in [0.15, 0.2) is 28.7 Å². The maximum atomic E-state index is 11.6. The number of nitrogens with one attached hydrogen (secondary N) is 2. The summed E-state index contributed by atoms with van der Waals surface area (Å²) in [6.45, 7) is 2.25. The van der Waals surface area contributed by atoms with Gasteiger partial charge < -0.3 is 15.4 Å². The van der Waals surface area contributed by atoms with E-state index in [4.69, 9.17) is 4.74 Å². The number of carbonyl (C=O) groups is 1. The average Bonchev–Trinajstić information content (AvgIpc) is 2.84. The maximum Gasteiger partial charge on any atom is 0.223 e. The first-order chi connectivity index (χ1) is 8.75. The van der Waals surface area contributed by atoms with E-state index in [0.29, 0.717) is 13.0 Å². The molecule has 1 fully saturated rings. The fourth-order valence-electron chi connectivity index (χ4n) is 1.89. The molecule has 0 spiro atoms. The molecule has 0 saturated carbocycles. The lowest BCUT2D eigenvalue weighted by atomic mass is 10.2. The van der Waals surface area contributed by atoms with Crippen LogP contribution in [0.4, 0.5) is 0 Å². The molecule has 1 atom stereocenters. The van der Waals surface area contributed by atoms with E-state index in [2.05, 4.69) is 26.6 Å². The van der Waals surface area contributed by atoms with Crippen molar-refractivity contribution in [3.8, 4) is 5.75 Å². The minimum absolute atomic E-state index is 0. The zero-order chi connectivity index (χ0) is 12.8.